The average Bonchev–Trinajstić information content (AvgIpc) is 3.47. The van der Waals surface area contributed by atoms with Gasteiger partial charge in [-0.25, -0.2) is 4.79 Å². The minimum Gasteiger partial charge on any atom is -0.478 e. The molecule has 264 valence electrons. The molecule has 0 spiro atoms. The highest BCUT2D eigenvalue weighted by molar-refractivity contribution is 5.87. The van der Waals surface area contributed by atoms with Crippen molar-refractivity contribution >= 4 is 16.9 Å². The molecular formula is C32H42N2O14. The molecule has 16 nitrogen and oxygen atoms in total. The molecule has 0 radical (unpaired) electrons. The first-order chi connectivity index (χ1) is 23.0. The first-order valence-electron chi connectivity index (χ1n) is 15.9. The lowest BCUT2D eigenvalue weighted by atomic mass is 9.78. The number of carbonyl (C=O) groups is 1. The average molecular weight is 679 g/mol. The fraction of sp³-hybridized carbons (Fsp3) is 0.594. The highest BCUT2D eigenvalue weighted by Crippen LogP contribution is 2.42. The fourth-order valence-electron chi connectivity index (χ4n) is 7.02. The molecule has 1 aromatic carbocycles. The molecule has 4 aliphatic rings. The number of fused-ring (bicyclic) bond motifs is 3. The Morgan fingerprint density at radius 3 is 2.33 bits per heavy atom. The third kappa shape index (κ3) is 6.51. The van der Waals surface area contributed by atoms with Gasteiger partial charge in [-0.3, -0.25) is 0 Å². The second-order valence-electron chi connectivity index (χ2n) is 12.5. The van der Waals surface area contributed by atoms with Crippen molar-refractivity contribution in [3.63, 3.8) is 0 Å². The minimum atomic E-state index is -1.79. The number of carboxylic acid groups (broad SMARTS) is 1. The number of aliphatic carboxylic acids is 1. The highest BCUT2D eigenvalue weighted by Gasteiger charge is 2.50. The summed E-state index contributed by atoms with van der Waals surface area (Å²) in [6.07, 6.45) is -13.5. The molecule has 0 amide bonds. The van der Waals surface area contributed by atoms with Crippen molar-refractivity contribution in [3.8, 4) is 0 Å². The molecule has 0 saturated carbocycles. The molecule has 5 heterocycles. The van der Waals surface area contributed by atoms with Gasteiger partial charge in [0, 0.05) is 34.5 Å². The van der Waals surface area contributed by atoms with Crippen LogP contribution in [-0.2, 0) is 34.9 Å². The Labute approximate surface area is 274 Å². The lowest BCUT2D eigenvalue weighted by molar-refractivity contribution is -0.352. The molecule has 48 heavy (non-hydrogen) atoms. The maximum Gasteiger partial charge on any atom is 0.334 e. The largest absolute Gasteiger partial charge is 0.478 e. The smallest absolute Gasteiger partial charge is 0.334 e. The zero-order valence-corrected chi connectivity index (χ0v) is 25.8. The van der Waals surface area contributed by atoms with E-state index in [1.807, 2.05) is 24.3 Å². The second kappa shape index (κ2) is 14.5. The van der Waals surface area contributed by atoms with Gasteiger partial charge in [0.2, 0.25) is 6.29 Å². The van der Waals surface area contributed by atoms with E-state index in [1.165, 1.54) is 6.08 Å². The zero-order chi connectivity index (χ0) is 34.3. The maximum atomic E-state index is 12.4. The van der Waals surface area contributed by atoms with E-state index in [0.29, 0.717) is 13.0 Å². The molecule has 1 aromatic heterocycles. The van der Waals surface area contributed by atoms with Crippen molar-refractivity contribution in [2.75, 3.05) is 19.8 Å². The van der Waals surface area contributed by atoms with Gasteiger partial charge in [-0.1, -0.05) is 24.3 Å². The molecule has 0 unspecified atom stereocenters. The SMILES string of the molecule is C=C[C@H]1[C@H](O[C@@H]2O[C@H](CO[C@H]3O[C@H](CO)[C@@H](O)[C@H](O)[C@H]3O)[C@@H](O)[C@H](O)[C@H]2O)OC=C(C(=O)O)[C@H]1C[C@@H]1NCCc2c1[nH]c1ccccc21. The molecule has 0 aliphatic carbocycles. The minimum absolute atomic E-state index is 0.00356. The first kappa shape index (κ1) is 34.9. The lowest BCUT2D eigenvalue weighted by Gasteiger charge is -2.44. The molecule has 10 N–H and O–H groups in total. The van der Waals surface area contributed by atoms with Gasteiger partial charge in [-0.15, -0.1) is 6.58 Å². The summed E-state index contributed by atoms with van der Waals surface area (Å²) >= 11 is 0. The van der Waals surface area contributed by atoms with Crippen LogP contribution in [0.1, 0.15) is 23.7 Å². The van der Waals surface area contributed by atoms with Crippen LogP contribution in [0.3, 0.4) is 0 Å². The molecule has 2 fully saturated rings. The molecular weight excluding hydrogens is 636 g/mol. The molecule has 14 atom stereocenters. The Morgan fingerprint density at radius 2 is 1.62 bits per heavy atom. The van der Waals surface area contributed by atoms with Crippen molar-refractivity contribution in [2.24, 2.45) is 11.8 Å². The van der Waals surface area contributed by atoms with E-state index in [2.05, 4.69) is 16.9 Å². The van der Waals surface area contributed by atoms with Crippen LogP contribution in [-0.4, -0.2) is 139 Å². The van der Waals surface area contributed by atoms with Gasteiger partial charge in [-0.2, -0.15) is 0 Å². The number of benzene rings is 1. The van der Waals surface area contributed by atoms with E-state index >= 15 is 0 Å². The van der Waals surface area contributed by atoms with E-state index in [4.69, 9.17) is 23.7 Å². The Hall–Kier alpha value is -2.97. The lowest BCUT2D eigenvalue weighted by Crippen LogP contribution is -2.62. The Bertz CT molecular complexity index is 1480. The van der Waals surface area contributed by atoms with Gasteiger partial charge >= 0.3 is 5.97 Å². The Kier molecular flexibility index (Phi) is 10.5. The number of carboxylic acids is 1. The monoisotopic (exact) mass is 678 g/mol. The predicted octanol–water partition coefficient (Wildman–Crippen LogP) is -1.87. The van der Waals surface area contributed by atoms with E-state index in [-0.39, 0.29) is 11.6 Å². The molecule has 16 heteroatoms. The normalized spacial score (nSPS) is 40.1. The van der Waals surface area contributed by atoms with Crippen LogP contribution in [0.25, 0.3) is 10.9 Å². The summed E-state index contributed by atoms with van der Waals surface area (Å²) in [6, 6.07) is 7.70. The van der Waals surface area contributed by atoms with Crippen LogP contribution in [0.4, 0.5) is 0 Å². The topological polar surface area (TPSA) is 253 Å². The number of ether oxygens (including phenoxy) is 5. The fourth-order valence-corrected chi connectivity index (χ4v) is 7.02. The second-order valence-corrected chi connectivity index (χ2v) is 12.5. The molecule has 6 rings (SSSR count). The van der Waals surface area contributed by atoms with Crippen LogP contribution in [0, 0.1) is 11.8 Å². The standard InChI is InChI=1S/C32H42N2O14/c1-2-13-16(9-19-22-15(7-8-33-19)14-5-3-4-6-18(14)34-22)17(29(42)43)11-44-30(13)48-32-28(41)26(39)24(37)21(47-32)12-45-31-27(40)25(38)23(36)20(10-35)46-31/h2-6,11,13,16,19-21,23-28,30-41H,1,7-10,12H2,(H,42,43)/t13-,16+,19+,20-,21-,23-,24-,25+,26+,27-,28-,30+,31+,32+/m1/s1. The van der Waals surface area contributed by atoms with Crippen molar-refractivity contribution in [3.05, 3.63) is 60.0 Å². The number of hydrogen-bond donors (Lipinski definition) is 10. The van der Waals surface area contributed by atoms with Crippen molar-refractivity contribution in [1.29, 1.82) is 0 Å². The van der Waals surface area contributed by atoms with Gasteiger partial charge in [0.05, 0.1) is 25.0 Å². The van der Waals surface area contributed by atoms with E-state index in [1.54, 1.807) is 0 Å². The Morgan fingerprint density at radius 1 is 0.938 bits per heavy atom. The van der Waals surface area contributed by atoms with Crippen molar-refractivity contribution in [2.45, 2.75) is 86.6 Å². The van der Waals surface area contributed by atoms with Crippen LogP contribution in [0.15, 0.2) is 48.8 Å². The van der Waals surface area contributed by atoms with Gasteiger partial charge < -0.3 is 74.8 Å². The number of aromatic amines is 1. The van der Waals surface area contributed by atoms with Crippen LogP contribution in [0.2, 0.25) is 0 Å². The number of aliphatic hydroxyl groups excluding tert-OH is 7. The van der Waals surface area contributed by atoms with E-state index in [9.17, 15) is 45.6 Å². The zero-order valence-electron chi connectivity index (χ0n) is 25.8. The van der Waals surface area contributed by atoms with E-state index in [0.717, 1.165) is 34.8 Å². The van der Waals surface area contributed by atoms with Gasteiger partial charge in [0.25, 0.3) is 0 Å². The van der Waals surface area contributed by atoms with Crippen LogP contribution in [0.5, 0.6) is 0 Å². The summed E-state index contributed by atoms with van der Waals surface area (Å²) in [5, 5.41) is 86.6. The Balaban J connectivity index is 1.17. The first-order valence-corrected chi connectivity index (χ1v) is 15.9. The van der Waals surface area contributed by atoms with Gasteiger partial charge in [0.15, 0.2) is 12.6 Å². The van der Waals surface area contributed by atoms with Gasteiger partial charge in [0.1, 0.15) is 48.8 Å². The van der Waals surface area contributed by atoms with Crippen LogP contribution < -0.4 is 5.32 Å². The quantitative estimate of drug-likeness (QED) is 0.124. The van der Waals surface area contributed by atoms with Crippen molar-refractivity contribution < 1.29 is 69.3 Å². The highest BCUT2D eigenvalue weighted by atomic mass is 16.8. The number of hydrogen-bond acceptors (Lipinski definition) is 14. The van der Waals surface area contributed by atoms with E-state index < -0.39 is 98.7 Å². The molecule has 2 saturated heterocycles. The van der Waals surface area contributed by atoms with Gasteiger partial charge in [-0.05, 0) is 31.0 Å². The molecule has 0 bridgehead atoms. The number of aliphatic hydroxyl groups is 7. The third-order valence-electron chi connectivity index (χ3n) is 9.69. The third-order valence-corrected chi connectivity index (χ3v) is 9.69. The summed E-state index contributed by atoms with van der Waals surface area (Å²) in [5.41, 5.74) is 3.10. The predicted molar refractivity (Wildman–Crippen MR) is 163 cm³/mol. The maximum absolute atomic E-state index is 12.4. The molecule has 4 aliphatic heterocycles. The number of para-hydroxylation sites is 1. The number of aromatic nitrogens is 1. The summed E-state index contributed by atoms with van der Waals surface area (Å²) in [7, 11) is 0. The number of H-pyrrole nitrogens is 1. The summed E-state index contributed by atoms with van der Waals surface area (Å²) in [5.74, 6) is -2.62. The summed E-state index contributed by atoms with van der Waals surface area (Å²) in [6.45, 7) is 3.36. The molecule has 2 aromatic rings. The summed E-state index contributed by atoms with van der Waals surface area (Å²) in [4.78, 5) is 15.8. The summed E-state index contributed by atoms with van der Waals surface area (Å²) < 4.78 is 28.3. The number of nitrogens with one attached hydrogen (secondary N) is 2. The van der Waals surface area contributed by atoms with Crippen LogP contribution >= 0.6 is 0 Å². The number of rotatable bonds is 10. The van der Waals surface area contributed by atoms with Crippen molar-refractivity contribution in [1.82, 2.24) is 10.3 Å².